The molecule has 3 aromatic heterocycles. The molecule has 1 aromatic carbocycles. The number of anilines is 1. The zero-order chi connectivity index (χ0) is 24.9. The fourth-order valence-corrected chi connectivity index (χ4v) is 4.32. The number of fused-ring (bicyclic) bond motifs is 1. The van der Waals surface area contributed by atoms with E-state index in [1.807, 2.05) is 42.5 Å². The molecular formula is C27H25FN6O2. The van der Waals surface area contributed by atoms with Gasteiger partial charge < -0.3 is 19.9 Å². The van der Waals surface area contributed by atoms with Gasteiger partial charge >= 0.3 is 6.09 Å². The van der Waals surface area contributed by atoms with Gasteiger partial charge in [0.25, 0.3) is 0 Å². The van der Waals surface area contributed by atoms with Crippen LogP contribution in [0.2, 0.25) is 0 Å². The molecule has 5 rings (SSSR count). The molecule has 0 spiro atoms. The van der Waals surface area contributed by atoms with E-state index in [1.165, 1.54) is 6.07 Å². The van der Waals surface area contributed by atoms with E-state index in [9.17, 15) is 9.18 Å². The van der Waals surface area contributed by atoms with Crippen molar-refractivity contribution in [3.63, 3.8) is 0 Å². The van der Waals surface area contributed by atoms with Crippen LogP contribution in [0.15, 0.2) is 61.1 Å². The average molecular weight is 485 g/mol. The Bertz CT molecular complexity index is 1430. The topological polar surface area (TPSA) is 96.0 Å². The molecule has 9 heteroatoms. The third kappa shape index (κ3) is 5.28. The summed E-state index contributed by atoms with van der Waals surface area (Å²) in [5.74, 6) is 6.26. The summed E-state index contributed by atoms with van der Waals surface area (Å²) in [6.07, 6.45) is 3.26. The van der Waals surface area contributed by atoms with Crippen molar-refractivity contribution < 1.29 is 13.9 Å². The molecule has 4 aromatic rings. The van der Waals surface area contributed by atoms with Crippen LogP contribution in [0, 0.1) is 17.7 Å². The Labute approximate surface area is 207 Å². The first kappa shape index (κ1) is 23.3. The van der Waals surface area contributed by atoms with Crippen LogP contribution in [0.3, 0.4) is 0 Å². The van der Waals surface area contributed by atoms with Crippen LogP contribution < -0.4 is 10.2 Å². The number of carbonyl (C=O) groups is 1. The number of halogens is 1. The van der Waals surface area contributed by atoms with Crippen LogP contribution in [0.5, 0.6) is 0 Å². The summed E-state index contributed by atoms with van der Waals surface area (Å²) in [6.45, 7) is 2.82. The van der Waals surface area contributed by atoms with E-state index >= 15 is 0 Å². The zero-order valence-corrected chi connectivity index (χ0v) is 19.7. The number of nitrogens with zero attached hydrogens (tertiary/aromatic N) is 4. The Hall–Kier alpha value is -4.45. The fourth-order valence-electron chi connectivity index (χ4n) is 4.32. The number of amides is 1. The number of aromatic nitrogens is 4. The van der Waals surface area contributed by atoms with Crippen molar-refractivity contribution in [2.45, 2.75) is 38.5 Å². The van der Waals surface area contributed by atoms with E-state index in [0.717, 1.165) is 42.5 Å². The summed E-state index contributed by atoms with van der Waals surface area (Å²) in [7, 11) is 0. The van der Waals surface area contributed by atoms with Gasteiger partial charge in [-0.3, -0.25) is 0 Å². The van der Waals surface area contributed by atoms with E-state index in [0.29, 0.717) is 23.4 Å². The first-order chi connectivity index (χ1) is 17.6. The highest BCUT2D eigenvalue weighted by molar-refractivity contribution is 5.72. The van der Waals surface area contributed by atoms with Crippen molar-refractivity contribution in [3.8, 4) is 11.8 Å². The van der Waals surface area contributed by atoms with E-state index < -0.39 is 18.0 Å². The number of hydrogen-bond acceptors (Lipinski definition) is 6. The van der Waals surface area contributed by atoms with E-state index in [1.54, 1.807) is 13.3 Å². The molecule has 1 amide bonds. The molecule has 2 N–H and O–H groups in total. The molecule has 2 atom stereocenters. The van der Waals surface area contributed by atoms with Gasteiger partial charge in [0.2, 0.25) is 0 Å². The zero-order valence-electron chi connectivity index (χ0n) is 19.7. The molecule has 0 aliphatic carbocycles. The minimum atomic E-state index is -0.677. The van der Waals surface area contributed by atoms with E-state index in [2.05, 4.69) is 42.0 Å². The van der Waals surface area contributed by atoms with Crippen molar-refractivity contribution in [1.29, 1.82) is 0 Å². The molecule has 1 aliphatic rings. The van der Waals surface area contributed by atoms with Gasteiger partial charge in [-0.2, -0.15) is 0 Å². The third-order valence-electron chi connectivity index (χ3n) is 6.01. The lowest BCUT2D eigenvalue weighted by Crippen LogP contribution is -2.27. The van der Waals surface area contributed by atoms with Crippen LogP contribution in [-0.2, 0) is 11.3 Å². The van der Waals surface area contributed by atoms with Crippen LogP contribution in [0.1, 0.15) is 42.6 Å². The predicted molar refractivity (Wildman–Crippen MR) is 134 cm³/mol. The lowest BCUT2D eigenvalue weighted by atomic mass is 10.0. The van der Waals surface area contributed by atoms with Crippen molar-refractivity contribution in [3.05, 3.63) is 83.7 Å². The Kier molecular flexibility index (Phi) is 6.76. The highest BCUT2D eigenvalue weighted by Crippen LogP contribution is 2.36. The molecule has 1 aliphatic heterocycles. The molecular weight excluding hydrogens is 459 g/mol. The predicted octanol–water partition coefficient (Wildman–Crippen LogP) is 4.50. The highest BCUT2D eigenvalue weighted by Gasteiger charge is 2.30. The minimum absolute atomic E-state index is 0.133. The van der Waals surface area contributed by atoms with Crippen molar-refractivity contribution in [2.24, 2.45) is 0 Å². The third-order valence-corrected chi connectivity index (χ3v) is 6.01. The van der Waals surface area contributed by atoms with Gasteiger partial charge in [0, 0.05) is 18.7 Å². The Morgan fingerprint density at radius 2 is 2.14 bits per heavy atom. The second-order valence-electron chi connectivity index (χ2n) is 8.54. The van der Waals surface area contributed by atoms with Gasteiger partial charge in [0.05, 0.1) is 24.1 Å². The van der Waals surface area contributed by atoms with Crippen LogP contribution in [0.4, 0.5) is 15.0 Å². The lowest BCUT2D eigenvalue weighted by Gasteiger charge is -2.26. The SMILES string of the molecule is C[C@H](C#Cc1ncc(F)cc1C1CCCN1c1ccc2[nH]cnc2n1)OC(=O)NCc1ccccc1. The average Bonchev–Trinajstić information content (AvgIpc) is 3.56. The number of pyridine rings is 2. The smallest absolute Gasteiger partial charge is 0.408 e. The number of aromatic amines is 1. The Morgan fingerprint density at radius 1 is 1.28 bits per heavy atom. The summed E-state index contributed by atoms with van der Waals surface area (Å²) in [6, 6.07) is 14.8. The molecule has 4 heterocycles. The van der Waals surface area contributed by atoms with Gasteiger partial charge in [-0.1, -0.05) is 36.3 Å². The van der Waals surface area contributed by atoms with E-state index in [-0.39, 0.29) is 6.04 Å². The second kappa shape index (κ2) is 10.4. The number of ether oxygens (including phenoxy) is 1. The quantitative estimate of drug-likeness (QED) is 0.405. The number of H-pyrrole nitrogens is 1. The lowest BCUT2D eigenvalue weighted by molar-refractivity contribution is 0.130. The summed E-state index contributed by atoms with van der Waals surface area (Å²) in [4.78, 5) is 30.5. The maximum atomic E-state index is 14.3. The van der Waals surface area contributed by atoms with Crippen LogP contribution >= 0.6 is 0 Å². The van der Waals surface area contributed by atoms with Crippen molar-refractivity contribution >= 4 is 23.1 Å². The van der Waals surface area contributed by atoms with Crippen LogP contribution in [-0.4, -0.2) is 38.7 Å². The Balaban J connectivity index is 1.31. The number of imidazole rings is 1. The van der Waals surface area contributed by atoms with Gasteiger partial charge in [0.1, 0.15) is 17.3 Å². The number of hydrogen-bond donors (Lipinski definition) is 2. The summed E-state index contributed by atoms with van der Waals surface area (Å²) in [5.41, 5.74) is 3.59. The van der Waals surface area contributed by atoms with Gasteiger partial charge in [-0.15, -0.1) is 0 Å². The molecule has 0 bridgehead atoms. The maximum absolute atomic E-state index is 14.3. The molecule has 1 saturated heterocycles. The van der Waals surface area contributed by atoms with Gasteiger partial charge in [-0.05, 0) is 49.4 Å². The van der Waals surface area contributed by atoms with Crippen molar-refractivity contribution in [1.82, 2.24) is 25.3 Å². The van der Waals surface area contributed by atoms with E-state index in [4.69, 9.17) is 4.74 Å². The van der Waals surface area contributed by atoms with Crippen molar-refractivity contribution in [2.75, 3.05) is 11.4 Å². The number of carbonyl (C=O) groups excluding carboxylic acids is 1. The maximum Gasteiger partial charge on any atom is 0.408 e. The van der Waals surface area contributed by atoms with Gasteiger partial charge in [0.15, 0.2) is 11.8 Å². The summed E-state index contributed by atoms with van der Waals surface area (Å²) < 4.78 is 19.6. The van der Waals surface area contributed by atoms with Gasteiger partial charge in [-0.25, -0.2) is 24.1 Å². The summed E-state index contributed by atoms with van der Waals surface area (Å²) in [5, 5.41) is 2.71. The molecule has 182 valence electrons. The normalized spacial score (nSPS) is 15.8. The number of rotatable bonds is 5. The molecule has 0 radical (unpaired) electrons. The molecule has 1 fully saturated rings. The number of nitrogens with one attached hydrogen (secondary N) is 2. The highest BCUT2D eigenvalue weighted by atomic mass is 19.1. The molecule has 8 nitrogen and oxygen atoms in total. The standard InChI is InChI=1S/C27H25FN6O2/c1-18(36-27(35)30-15-19-6-3-2-4-7-19)9-10-22-21(14-20(28)16-29-22)24-8-5-13-34(24)25-12-11-23-26(33-25)32-17-31-23/h2-4,6-7,11-12,14,16-18,24H,5,8,13,15H2,1H3,(H,30,35)(H,31,32,33)/t18-,24?/m1/s1. The largest absolute Gasteiger partial charge is 0.433 e. The monoisotopic (exact) mass is 484 g/mol. The minimum Gasteiger partial charge on any atom is -0.433 e. The number of alkyl carbamates (subject to hydrolysis) is 1. The molecule has 36 heavy (non-hydrogen) atoms. The Morgan fingerprint density at radius 3 is 3.00 bits per heavy atom. The summed E-state index contributed by atoms with van der Waals surface area (Å²) >= 11 is 0. The fraction of sp³-hybridized carbons (Fsp3) is 0.259. The molecule has 0 saturated carbocycles. The van der Waals surface area contributed by atoms with Crippen LogP contribution in [0.25, 0.3) is 11.2 Å². The first-order valence-corrected chi connectivity index (χ1v) is 11.8. The molecule has 1 unspecified atom stereocenters. The number of benzene rings is 1. The second-order valence-corrected chi connectivity index (χ2v) is 8.54. The first-order valence-electron chi connectivity index (χ1n) is 11.8.